The molecule has 1 aliphatic heterocycles. The summed E-state index contributed by atoms with van der Waals surface area (Å²) in [6.07, 6.45) is 5.58. The van der Waals surface area contributed by atoms with Crippen molar-refractivity contribution < 1.29 is 9.18 Å². The first-order valence-electron chi connectivity index (χ1n) is 10.5. The van der Waals surface area contributed by atoms with Crippen LogP contribution in [0, 0.1) is 5.82 Å². The normalized spacial score (nSPS) is 14.5. The number of carbonyl (C=O) groups is 1. The molecule has 4 aromatic rings. The van der Waals surface area contributed by atoms with E-state index in [2.05, 4.69) is 24.8 Å². The minimum Gasteiger partial charge on any atom is -0.384 e. The molecule has 7 nitrogen and oxygen atoms in total. The number of carbonyl (C=O) groups excluding carboxylic acids is 1. The monoisotopic (exact) mass is 462 g/mol. The van der Waals surface area contributed by atoms with Crippen LogP contribution < -0.4 is 10.6 Å². The van der Waals surface area contributed by atoms with E-state index in [0.29, 0.717) is 32.6 Å². The van der Waals surface area contributed by atoms with Gasteiger partial charge in [-0.2, -0.15) is 0 Å². The molecule has 2 aromatic carbocycles. The fourth-order valence-corrected chi connectivity index (χ4v) is 4.47. The number of hydrogen-bond acceptors (Lipinski definition) is 7. The quantitative estimate of drug-likeness (QED) is 0.361. The number of benzene rings is 2. The van der Waals surface area contributed by atoms with Crippen LogP contribution in [0.25, 0.3) is 32.9 Å². The van der Waals surface area contributed by atoms with Crippen molar-refractivity contribution in [2.45, 2.75) is 0 Å². The van der Waals surface area contributed by atoms with Crippen LogP contribution in [0.2, 0.25) is 5.02 Å². The van der Waals surface area contributed by atoms with Gasteiger partial charge in [0.25, 0.3) is 0 Å². The van der Waals surface area contributed by atoms with E-state index >= 15 is 0 Å². The smallest absolute Gasteiger partial charge is 0.144 e. The SMILES string of the molecule is Nc1cc2cccc(F)c2c(-c2cc3ncnc(N4CCN(C=CC=O)CC4)c3cc2Cl)n1. The zero-order chi connectivity index (χ0) is 22.9. The van der Waals surface area contributed by atoms with Gasteiger partial charge in [0.05, 0.1) is 16.2 Å². The first-order chi connectivity index (χ1) is 16.0. The summed E-state index contributed by atoms with van der Waals surface area (Å²) in [7, 11) is 0. The molecule has 0 amide bonds. The number of anilines is 2. The Morgan fingerprint density at radius 3 is 2.70 bits per heavy atom. The van der Waals surface area contributed by atoms with Gasteiger partial charge in [-0.15, -0.1) is 0 Å². The van der Waals surface area contributed by atoms with Crippen LogP contribution in [-0.4, -0.2) is 52.3 Å². The van der Waals surface area contributed by atoms with Gasteiger partial charge < -0.3 is 15.5 Å². The molecule has 0 atom stereocenters. The van der Waals surface area contributed by atoms with E-state index in [-0.39, 0.29) is 5.82 Å². The van der Waals surface area contributed by atoms with Crippen LogP contribution in [0.15, 0.2) is 55.0 Å². The van der Waals surface area contributed by atoms with Gasteiger partial charge in [-0.05, 0) is 35.7 Å². The van der Waals surface area contributed by atoms with Gasteiger partial charge in [-0.3, -0.25) is 4.79 Å². The third kappa shape index (κ3) is 3.93. The summed E-state index contributed by atoms with van der Waals surface area (Å²) in [4.78, 5) is 28.2. The highest BCUT2D eigenvalue weighted by Gasteiger charge is 2.21. The fraction of sp³-hybridized carbons (Fsp3) is 0.167. The lowest BCUT2D eigenvalue weighted by molar-refractivity contribution is -0.104. The zero-order valence-corrected chi connectivity index (χ0v) is 18.3. The molecule has 5 rings (SSSR count). The van der Waals surface area contributed by atoms with Crippen molar-refractivity contribution >= 4 is 51.2 Å². The van der Waals surface area contributed by atoms with Crippen molar-refractivity contribution in [3.63, 3.8) is 0 Å². The topological polar surface area (TPSA) is 88.2 Å². The Hall–Kier alpha value is -3.78. The predicted octanol–water partition coefficient (Wildman–Crippen LogP) is 4.05. The van der Waals surface area contributed by atoms with Gasteiger partial charge in [-0.1, -0.05) is 23.7 Å². The molecule has 0 radical (unpaired) electrons. The molecular weight excluding hydrogens is 443 g/mol. The summed E-state index contributed by atoms with van der Waals surface area (Å²) in [5.41, 5.74) is 7.61. The molecule has 2 N–H and O–H groups in total. The van der Waals surface area contributed by atoms with Gasteiger partial charge in [0, 0.05) is 48.7 Å². The number of nitrogen functional groups attached to an aromatic ring is 1. The molecule has 0 unspecified atom stereocenters. The zero-order valence-electron chi connectivity index (χ0n) is 17.6. The van der Waals surface area contributed by atoms with E-state index in [0.717, 1.165) is 43.7 Å². The number of piperazine rings is 1. The number of allylic oxidation sites excluding steroid dienone is 1. The predicted molar refractivity (Wildman–Crippen MR) is 129 cm³/mol. The Morgan fingerprint density at radius 1 is 1.09 bits per heavy atom. The van der Waals surface area contributed by atoms with Gasteiger partial charge in [0.2, 0.25) is 0 Å². The second kappa shape index (κ2) is 8.63. The van der Waals surface area contributed by atoms with Crippen LogP contribution >= 0.6 is 11.6 Å². The summed E-state index contributed by atoms with van der Waals surface area (Å²) in [6, 6.07) is 10.1. The van der Waals surface area contributed by atoms with Gasteiger partial charge in [-0.25, -0.2) is 19.3 Å². The maximum atomic E-state index is 14.7. The summed E-state index contributed by atoms with van der Waals surface area (Å²) < 4.78 is 14.7. The molecule has 1 aliphatic rings. The molecule has 166 valence electrons. The molecule has 0 saturated carbocycles. The molecule has 3 heterocycles. The maximum Gasteiger partial charge on any atom is 0.144 e. The Morgan fingerprint density at radius 2 is 1.91 bits per heavy atom. The second-order valence-electron chi connectivity index (χ2n) is 7.78. The molecule has 0 spiro atoms. The molecule has 9 heteroatoms. The number of pyridine rings is 1. The van der Waals surface area contributed by atoms with Crippen molar-refractivity contribution in [1.82, 2.24) is 19.9 Å². The first-order valence-corrected chi connectivity index (χ1v) is 10.8. The summed E-state index contributed by atoms with van der Waals surface area (Å²) in [5.74, 6) is 0.671. The average molecular weight is 463 g/mol. The molecule has 2 aromatic heterocycles. The summed E-state index contributed by atoms with van der Waals surface area (Å²) in [6.45, 7) is 3.00. The van der Waals surface area contributed by atoms with Gasteiger partial charge in [0.15, 0.2) is 0 Å². The van der Waals surface area contributed by atoms with Crippen LogP contribution in [0.3, 0.4) is 0 Å². The number of nitrogens with zero attached hydrogens (tertiary/aromatic N) is 5. The number of hydrogen-bond donors (Lipinski definition) is 1. The third-order valence-corrected chi connectivity index (χ3v) is 6.09. The van der Waals surface area contributed by atoms with E-state index in [9.17, 15) is 9.18 Å². The highest BCUT2D eigenvalue weighted by molar-refractivity contribution is 6.34. The standard InChI is InChI=1S/C24H20ClFN6O/c25-18-12-17-20(28-14-29-24(17)32-8-6-31(7-9-32)5-2-10-33)13-16(18)23-22-15(11-21(27)30-23)3-1-4-19(22)26/h1-5,10-14H,6-9H2,(H2,27,30). The van der Waals surface area contributed by atoms with Crippen LogP contribution in [0.4, 0.5) is 16.0 Å². The number of aromatic nitrogens is 3. The van der Waals surface area contributed by atoms with E-state index in [1.165, 1.54) is 18.5 Å². The number of nitrogens with two attached hydrogens (primary N) is 1. The molecule has 0 bridgehead atoms. The molecular formula is C24H20ClFN6O. The first kappa shape index (κ1) is 21.1. The van der Waals surface area contributed by atoms with E-state index in [1.54, 1.807) is 36.5 Å². The number of halogens is 2. The highest BCUT2D eigenvalue weighted by Crippen LogP contribution is 2.38. The molecule has 1 fully saturated rings. The maximum absolute atomic E-state index is 14.7. The van der Waals surface area contributed by atoms with Crippen molar-refractivity contribution in [3.05, 3.63) is 65.8 Å². The minimum atomic E-state index is -0.393. The molecule has 1 saturated heterocycles. The van der Waals surface area contributed by atoms with Gasteiger partial charge >= 0.3 is 0 Å². The number of aldehydes is 1. The van der Waals surface area contributed by atoms with Crippen molar-refractivity contribution in [2.24, 2.45) is 0 Å². The Kier molecular flexibility index (Phi) is 5.51. The highest BCUT2D eigenvalue weighted by atomic mass is 35.5. The Balaban J connectivity index is 1.58. The fourth-order valence-electron chi connectivity index (χ4n) is 4.22. The average Bonchev–Trinajstić information content (AvgIpc) is 2.82. The van der Waals surface area contributed by atoms with Crippen molar-refractivity contribution in [2.75, 3.05) is 36.8 Å². The largest absolute Gasteiger partial charge is 0.384 e. The van der Waals surface area contributed by atoms with Crippen LogP contribution in [0.5, 0.6) is 0 Å². The van der Waals surface area contributed by atoms with Crippen LogP contribution in [0.1, 0.15) is 0 Å². The number of rotatable bonds is 4. The van der Waals surface area contributed by atoms with E-state index < -0.39 is 5.82 Å². The summed E-state index contributed by atoms with van der Waals surface area (Å²) >= 11 is 6.71. The third-order valence-electron chi connectivity index (χ3n) is 5.77. The van der Waals surface area contributed by atoms with Gasteiger partial charge in [0.1, 0.15) is 30.1 Å². The van der Waals surface area contributed by atoms with Crippen molar-refractivity contribution in [3.8, 4) is 11.3 Å². The molecule has 33 heavy (non-hydrogen) atoms. The summed E-state index contributed by atoms with van der Waals surface area (Å²) in [5, 5.41) is 2.23. The molecule has 0 aliphatic carbocycles. The lowest BCUT2D eigenvalue weighted by Crippen LogP contribution is -2.44. The second-order valence-corrected chi connectivity index (χ2v) is 8.19. The minimum absolute atomic E-state index is 0.282. The lowest BCUT2D eigenvalue weighted by atomic mass is 10.0. The van der Waals surface area contributed by atoms with E-state index in [1.807, 2.05) is 0 Å². The van der Waals surface area contributed by atoms with Crippen LogP contribution in [-0.2, 0) is 4.79 Å². The van der Waals surface area contributed by atoms with Crippen molar-refractivity contribution in [1.29, 1.82) is 0 Å². The Bertz CT molecular complexity index is 1400. The lowest BCUT2D eigenvalue weighted by Gasteiger charge is -2.35. The Labute approximate surface area is 194 Å². The number of fused-ring (bicyclic) bond motifs is 2. The van der Waals surface area contributed by atoms with E-state index in [4.69, 9.17) is 17.3 Å².